The Morgan fingerprint density at radius 1 is 1.00 bits per heavy atom. The molecule has 2 aromatic carbocycles. The molecule has 0 radical (unpaired) electrons. The van der Waals surface area contributed by atoms with E-state index < -0.39 is 22.7 Å². The summed E-state index contributed by atoms with van der Waals surface area (Å²) in [6, 6.07) is 21.2. The summed E-state index contributed by atoms with van der Waals surface area (Å²) in [4.78, 5) is 4.28. The van der Waals surface area contributed by atoms with Crippen LogP contribution in [-0.2, 0) is 9.47 Å². The van der Waals surface area contributed by atoms with Crippen LogP contribution in [0.4, 0.5) is 0 Å². The first kappa shape index (κ1) is 16.8. The smallest absolute Gasteiger partial charge is 0.293 e. The summed E-state index contributed by atoms with van der Waals surface area (Å²) in [6.45, 7) is 0.594. The molecular formula is C21H16N4O3. The second-order valence-electron chi connectivity index (χ2n) is 7.04. The molecule has 5 rings (SSSR count). The Labute approximate surface area is 161 Å². The van der Waals surface area contributed by atoms with E-state index in [1.54, 1.807) is 0 Å². The number of nitrogens with two attached hydrogens (primary N) is 1. The van der Waals surface area contributed by atoms with E-state index in [9.17, 15) is 10.5 Å². The van der Waals surface area contributed by atoms with Gasteiger partial charge in [0.2, 0.25) is 0 Å². The molecule has 1 saturated heterocycles. The molecule has 0 unspecified atom stereocenters. The monoisotopic (exact) mass is 372 g/mol. The summed E-state index contributed by atoms with van der Waals surface area (Å²) < 4.78 is 17.4. The molecule has 1 saturated carbocycles. The van der Waals surface area contributed by atoms with Gasteiger partial charge in [0, 0.05) is 5.92 Å². The van der Waals surface area contributed by atoms with Gasteiger partial charge in [-0.15, -0.1) is 0 Å². The van der Waals surface area contributed by atoms with Gasteiger partial charge in [-0.05, 0) is 29.8 Å². The maximum Gasteiger partial charge on any atom is 0.293 e. The molecule has 0 amide bonds. The highest BCUT2D eigenvalue weighted by Gasteiger charge is 2.94. The number of ether oxygens (including phenoxy) is 3. The quantitative estimate of drug-likeness (QED) is 0.886. The van der Waals surface area contributed by atoms with Crippen molar-refractivity contribution in [3.05, 3.63) is 60.2 Å². The molecule has 2 heterocycles. The van der Waals surface area contributed by atoms with E-state index in [2.05, 4.69) is 17.1 Å². The maximum atomic E-state index is 10.1. The van der Waals surface area contributed by atoms with Gasteiger partial charge in [-0.1, -0.05) is 30.3 Å². The van der Waals surface area contributed by atoms with E-state index in [1.807, 2.05) is 54.6 Å². The summed E-state index contributed by atoms with van der Waals surface area (Å²) in [6.07, 6.45) is 0. The minimum atomic E-state index is -1.53. The van der Waals surface area contributed by atoms with Crippen molar-refractivity contribution in [1.29, 1.82) is 10.5 Å². The van der Waals surface area contributed by atoms with E-state index >= 15 is 0 Å². The van der Waals surface area contributed by atoms with E-state index in [0.717, 1.165) is 5.56 Å². The Kier molecular flexibility index (Phi) is 3.33. The van der Waals surface area contributed by atoms with Crippen molar-refractivity contribution in [3.63, 3.8) is 0 Å². The molecule has 3 aliphatic rings. The molecule has 1 spiro atoms. The highest BCUT2D eigenvalue weighted by Crippen LogP contribution is 2.82. The molecule has 2 N–H and O–H groups in total. The van der Waals surface area contributed by atoms with Crippen molar-refractivity contribution in [3.8, 4) is 23.6 Å². The lowest BCUT2D eigenvalue weighted by Crippen LogP contribution is -2.38. The average Bonchev–Trinajstić information content (AvgIpc) is 2.98. The lowest BCUT2D eigenvalue weighted by molar-refractivity contribution is -0.184. The van der Waals surface area contributed by atoms with Gasteiger partial charge in [0.1, 0.15) is 22.7 Å². The Morgan fingerprint density at radius 3 is 2.39 bits per heavy atom. The van der Waals surface area contributed by atoms with Crippen LogP contribution in [0, 0.1) is 33.5 Å². The number of rotatable bonds is 3. The summed E-state index contributed by atoms with van der Waals surface area (Å²) >= 11 is 0. The molecule has 2 fully saturated rings. The summed E-state index contributed by atoms with van der Waals surface area (Å²) in [5, 5.41) is 20.1. The van der Waals surface area contributed by atoms with Crippen molar-refractivity contribution < 1.29 is 14.2 Å². The molecule has 1 aliphatic carbocycles. The topological polar surface area (TPSA) is 114 Å². The Bertz CT molecular complexity index is 1070. The van der Waals surface area contributed by atoms with E-state index in [0.29, 0.717) is 24.7 Å². The first-order valence-electron chi connectivity index (χ1n) is 8.93. The molecule has 7 heteroatoms. The van der Waals surface area contributed by atoms with Crippen LogP contribution in [0.2, 0.25) is 0 Å². The van der Waals surface area contributed by atoms with Crippen LogP contribution in [0.1, 0.15) is 11.5 Å². The van der Waals surface area contributed by atoms with Crippen molar-refractivity contribution in [2.45, 2.75) is 11.8 Å². The van der Waals surface area contributed by atoms with Crippen molar-refractivity contribution in [2.24, 2.45) is 21.6 Å². The number of amidine groups is 1. The number of nitriles is 2. The zero-order chi connectivity index (χ0) is 19.4. The highest BCUT2D eigenvalue weighted by atomic mass is 16.8. The van der Waals surface area contributed by atoms with E-state index in [-0.39, 0.29) is 5.84 Å². The third-order valence-electron chi connectivity index (χ3n) is 5.78. The largest absolute Gasteiger partial charge is 0.457 e. The molecule has 7 nitrogen and oxygen atoms in total. The van der Waals surface area contributed by atoms with Crippen molar-refractivity contribution >= 4 is 5.84 Å². The van der Waals surface area contributed by atoms with Gasteiger partial charge in [0.25, 0.3) is 5.91 Å². The third-order valence-corrected chi connectivity index (χ3v) is 5.78. The second-order valence-corrected chi connectivity index (χ2v) is 7.04. The fourth-order valence-electron chi connectivity index (χ4n) is 4.60. The fourth-order valence-corrected chi connectivity index (χ4v) is 4.60. The molecule has 2 aromatic rings. The van der Waals surface area contributed by atoms with Crippen LogP contribution >= 0.6 is 0 Å². The SMILES string of the molecule is N#C[C@@]12C(N)=NC3(OCCO3)[C@]1(C#N)[C@@H]2c1cccc(Oc2ccccc2)c1. The number of nitrogens with zero attached hydrogens (tertiary/aromatic N) is 3. The molecule has 0 bridgehead atoms. The lowest BCUT2D eigenvalue weighted by Gasteiger charge is -2.25. The van der Waals surface area contributed by atoms with Gasteiger partial charge in [-0.25, -0.2) is 4.99 Å². The highest BCUT2D eigenvalue weighted by molar-refractivity contribution is 6.00. The first-order chi connectivity index (χ1) is 13.6. The van der Waals surface area contributed by atoms with Crippen LogP contribution in [0.25, 0.3) is 0 Å². The lowest BCUT2D eigenvalue weighted by atomic mass is 9.94. The number of aliphatic imine (C=N–C) groups is 1. The fraction of sp³-hybridized carbons (Fsp3) is 0.286. The molecule has 138 valence electrons. The summed E-state index contributed by atoms with van der Waals surface area (Å²) in [5.74, 6) is -0.668. The third kappa shape index (κ3) is 1.80. The van der Waals surface area contributed by atoms with E-state index in [1.165, 1.54) is 0 Å². The Hall–Kier alpha value is -3.39. The predicted molar refractivity (Wildman–Crippen MR) is 98.0 cm³/mol. The van der Waals surface area contributed by atoms with Gasteiger partial charge in [0.05, 0.1) is 25.4 Å². The number of hydrogen-bond donors (Lipinski definition) is 1. The van der Waals surface area contributed by atoms with Crippen LogP contribution in [0.3, 0.4) is 0 Å². The minimum Gasteiger partial charge on any atom is -0.457 e. The first-order valence-corrected chi connectivity index (χ1v) is 8.93. The molecular weight excluding hydrogens is 356 g/mol. The Balaban J connectivity index is 1.58. The number of fused-ring (bicyclic) bond motifs is 2. The van der Waals surface area contributed by atoms with Gasteiger partial charge in [-0.2, -0.15) is 10.5 Å². The van der Waals surface area contributed by atoms with Crippen LogP contribution in [0.5, 0.6) is 11.5 Å². The number of benzene rings is 2. The van der Waals surface area contributed by atoms with E-state index in [4.69, 9.17) is 19.9 Å². The van der Waals surface area contributed by atoms with Crippen LogP contribution in [-0.4, -0.2) is 25.0 Å². The number of para-hydroxylation sites is 1. The van der Waals surface area contributed by atoms with Gasteiger partial charge in [-0.3, -0.25) is 0 Å². The molecule has 0 aromatic heterocycles. The van der Waals surface area contributed by atoms with Gasteiger partial charge < -0.3 is 19.9 Å². The average molecular weight is 372 g/mol. The molecule has 3 atom stereocenters. The summed E-state index contributed by atoms with van der Waals surface area (Å²) in [5.41, 5.74) is 4.31. The predicted octanol–water partition coefficient (Wildman–Crippen LogP) is 2.67. The van der Waals surface area contributed by atoms with Gasteiger partial charge >= 0.3 is 0 Å². The van der Waals surface area contributed by atoms with Crippen molar-refractivity contribution in [2.75, 3.05) is 13.2 Å². The standard InChI is InChI=1S/C21H16N4O3/c22-12-19-17(20(19,13-23)21(25-18(19)24)26-9-10-27-21)14-5-4-8-16(11-14)28-15-6-2-1-3-7-15/h1-8,11,17H,9-10H2,(H2,24,25)/t17-,19-,20-/m1/s1. The number of hydrogen-bond acceptors (Lipinski definition) is 7. The van der Waals surface area contributed by atoms with Gasteiger partial charge in [0.15, 0.2) is 5.41 Å². The summed E-state index contributed by atoms with van der Waals surface area (Å²) in [7, 11) is 0. The second kappa shape index (κ2) is 5.56. The molecule has 2 aliphatic heterocycles. The zero-order valence-corrected chi connectivity index (χ0v) is 14.8. The van der Waals surface area contributed by atoms with Crippen LogP contribution in [0.15, 0.2) is 59.6 Å². The normalized spacial score (nSPS) is 31.5. The van der Waals surface area contributed by atoms with Crippen LogP contribution < -0.4 is 10.5 Å². The minimum absolute atomic E-state index is 0.0813. The van der Waals surface area contributed by atoms with Crippen molar-refractivity contribution in [1.82, 2.24) is 0 Å². The Morgan fingerprint density at radius 2 is 1.71 bits per heavy atom. The zero-order valence-electron chi connectivity index (χ0n) is 14.8. The molecule has 28 heavy (non-hydrogen) atoms. The maximum absolute atomic E-state index is 10.1.